The van der Waals surface area contributed by atoms with Gasteiger partial charge in [0, 0.05) is 12.6 Å². The number of carboxylic acid groups (broad SMARTS) is 1. The lowest BCUT2D eigenvalue weighted by atomic mass is 9.94. The van der Waals surface area contributed by atoms with Gasteiger partial charge in [-0.2, -0.15) is 5.10 Å². The lowest BCUT2D eigenvalue weighted by Gasteiger charge is -2.21. The number of carboxylic acids is 1. The van der Waals surface area contributed by atoms with Gasteiger partial charge < -0.3 is 15.7 Å². The van der Waals surface area contributed by atoms with Crippen LogP contribution in [0.1, 0.15) is 19.3 Å². The van der Waals surface area contributed by atoms with Crippen LogP contribution in [0.4, 0.5) is 5.69 Å². The summed E-state index contributed by atoms with van der Waals surface area (Å²) in [5.41, 5.74) is 0.542. The number of anilines is 1. The molecule has 0 spiro atoms. The van der Waals surface area contributed by atoms with E-state index in [9.17, 15) is 9.59 Å². The van der Waals surface area contributed by atoms with Crippen molar-refractivity contribution in [1.82, 2.24) is 15.1 Å². The Kier molecular flexibility index (Phi) is 4.51. The minimum Gasteiger partial charge on any atom is -0.480 e. The summed E-state index contributed by atoms with van der Waals surface area (Å²) < 4.78 is 1.28. The average molecular weight is 266 g/mol. The number of piperidine rings is 1. The van der Waals surface area contributed by atoms with Gasteiger partial charge in [-0.3, -0.25) is 14.3 Å². The van der Waals surface area contributed by atoms with Gasteiger partial charge in [0.2, 0.25) is 5.91 Å². The average Bonchev–Trinajstić information content (AvgIpc) is 2.76. The normalized spacial score (nSPS) is 16.2. The van der Waals surface area contributed by atoms with E-state index >= 15 is 0 Å². The third-order valence-corrected chi connectivity index (χ3v) is 3.15. The van der Waals surface area contributed by atoms with Crippen molar-refractivity contribution in [3.8, 4) is 0 Å². The summed E-state index contributed by atoms with van der Waals surface area (Å²) in [6.07, 6.45) is 5.53. The third-order valence-electron chi connectivity index (χ3n) is 3.15. The summed E-state index contributed by atoms with van der Waals surface area (Å²) >= 11 is 0. The number of aromatic nitrogens is 2. The second kappa shape index (κ2) is 6.33. The number of hydrogen-bond donors (Lipinski definition) is 3. The van der Waals surface area contributed by atoms with Crippen LogP contribution in [-0.4, -0.2) is 39.9 Å². The second-order valence-corrected chi connectivity index (χ2v) is 4.77. The van der Waals surface area contributed by atoms with Crippen LogP contribution in [0, 0.1) is 5.92 Å². The summed E-state index contributed by atoms with van der Waals surface area (Å²) in [6, 6.07) is 0. The van der Waals surface area contributed by atoms with Gasteiger partial charge in [0.1, 0.15) is 6.54 Å². The van der Waals surface area contributed by atoms with Crippen molar-refractivity contribution in [2.24, 2.45) is 5.92 Å². The number of nitrogens with zero attached hydrogens (tertiary/aromatic N) is 2. The van der Waals surface area contributed by atoms with Crippen molar-refractivity contribution >= 4 is 17.6 Å². The molecule has 1 aromatic rings. The number of hydrogen-bond acceptors (Lipinski definition) is 4. The van der Waals surface area contributed by atoms with Gasteiger partial charge >= 0.3 is 5.97 Å². The van der Waals surface area contributed by atoms with E-state index in [0.717, 1.165) is 25.9 Å². The Labute approximate surface area is 111 Å². The van der Waals surface area contributed by atoms with E-state index in [-0.39, 0.29) is 12.5 Å². The quantitative estimate of drug-likeness (QED) is 0.712. The molecule has 0 bridgehead atoms. The summed E-state index contributed by atoms with van der Waals surface area (Å²) in [5.74, 6) is -0.576. The Morgan fingerprint density at radius 1 is 1.47 bits per heavy atom. The smallest absolute Gasteiger partial charge is 0.325 e. The van der Waals surface area contributed by atoms with Gasteiger partial charge in [-0.1, -0.05) is 0 Å². The zero-order valence-electron chi connectivity index (χ0n) is 10.6. The lowest BCUT2D eigenvalue weighted by Crippen LogP contribution is -2.30. The molecule has 1 aliphatic heterocycles. The first kappa shape index (κ1) is 13.5. The van der Waals surface area contributed by atoms with E-state index in [1.165, 1.54) is 17.1 Å². The second-order valence-electron chi connectivity index (χ2n) is 4.77. The molecule has 7 nitrogen and oxygen atoms in total. The molecule has 1 aliphatic rings. The molecular formula is C12H18N4O3. The number of aliphatic carboxylic acids is 1. The minimum absolute atomic E-state index is 0.0400. The maximum absolute atomic E-state index is 11.8. The Morgan fingerprint density at radius 3 is 2.89 bits per heavy atom. The first-order valence-corrected chi connectivity index (χ1v) is 6.38. The van der Waals surface area contributed by atoms with E-state index < -0.39 is 5.97 Å². The fourth-order valence-electron chi connectivity index (χ4n) is 2.21. The Bertz CT molecular complexity index is 452. The highest BCUT2D eigenvalue weighted by Gasteiger charge is 2.17. The summed E-state index contributed by atoms with van der Waals surface area (Å²) in [4.78, 5) is 22.3. The van der Waals surface area contributed by atoms with Gasteiger partial charge in [0.25, 0.3) is 0 Å². The fourth-order valence-corrected chi connectivity index (χ4v) is 2.21. The Balaban J connectivity index is 1.81. The van der Waals surface area contributed by atoms with Gasteiger partial charge in [-0.25, -0.2) is 0 Å². The molecule has 1 saturated heterocycles. The van der Waals surface area contributed by atoms with Crippen molar-refractivity contribution < 1.29 is 14.7 Å². The van der Waals surface area contributed by atoms with E-state index in [2.05, 4.69) is 15.7 Å². The number of carbonyl (C=O) groups excluding carboxylic acids is 1. The monoisotopic (exact) mass is 266 g/mol. The number of amides is 1. The largest absolute Gasteiger partial charge is 0.480 e. The van der Waals surface area contributed by atoms with Crippen LogP contribution in [0.3, 0.4) is 0 Å². The van der Waals surface area contributed by atoms with E-state index in [0.29, 0.717) is 18.0 Å². The molecular weight excluding hydrogens is 248 g/mol. The van der Waals surface area contributed by atoms with Crippen molar-refractivity contribution in [2.75, 3.05) is 18.4 Å². The minimum atomic E-state index is -0.962. The van der Waals surface area contributed by atoms with Crippen LogP contribution >= 0.6 is 0 Å². The summed E-state index contributed by atoms with van der Waals surface area (Å²) in [5, 5.41) is 18.5. The predicted octanol–water partition coefficient (Wildman–Crippen LogP) is 0.296. The molecule has 2 rings (SSSR count). The van der Waals surface area contributed by atoms with Crippen molar-refractivity contribution in [2.45, 2.75) is 25.8 Å². The van der Waals surface area contributed by atoms with Crippen molar-refractivity contribution in [3.63, 3.8) is 0 Å². The van der Waals surface area contributed by atoms with Crippen molar-refractivity contribution in [3.05, 3.63) is 12.4 Å². The van der Waals surface area contributed by atoms with Gasteiger partial charge in [0.05, 0.1) is 11.9 Å². The first-order valence-electron chi connectivity index (χ1n) is 6.38. The number of nitrogens with one attached hydrogen (secondary N) is 2. The first-order chi connectivity index (χ1) is 9.13. The third kappa shape index (κ3) is 4.36. The SMILES string of the molecule is O=C(O)Cn1cc(NC(=O)CC2CCNCC2)cn1. The topological polar surface area (TPSA) is 96.2 Å². The van der Waals surface area contributed by atoms with E-state index in [1.54, 1.807) is 0 Å². The molecule has 19 heavy (non-hydrogen) atoms. The number of carbonyl (C=O) groups is 2. The fraction of sp³-hybridized carbons (Fsp3) is 0.583. The van der Waals surface area contributed by atoms with Crippen LogP contribution in [0.15, 0.2) is 12.4 Å². The summed E-state index contributed by atoms with van der Waals surface area (Å²) in [7, 11) is 0. The van der Waals surface area contributed by atoms with Crippen LogP contribution in [-0.2, 0) is 16.1 Å². The molecule has 0 unspecified atom stereocenters. The predicted molar refractivity (Wildman–Crippen MR) is 68.7 cm³/mol. The van der Waals surface area contributed by atoms with Crippen LogP contribution < -0.4 is 10.6 Å². The molecule has 1 fully saturated rings. The molecule has 0 aliphatic carbocycles. The van der Waals surface area contributed by atoms with Gasteiger partial charge in [-0.15, -0.1) is 0 Å². The Hall–Kier alpha value is -1.89. The lowest BCUT2D eigenvalue weighted by molar-refractivity contribution is -0.137. The number of rotatable bonds is 5. The zero-order valence-corrected chi connectivity index (χ0v) is 10.6. The molecule has 2 heterocycles. The highest BCUT2D eigenvalue weighted by atomic mass is 16.4. The van der Waals surface area contributed by atoms with Crippen LogP contribution in [0.5, 0.6) is 0 Å². The molecule has 1 aromatic heterocycles. The standard InChI is InChI=1S/C12H18N4O3/c17-11(5-9-1-3-13-4-2-9)15-10-6-14-16(7-10)8-12(18)19/h6-7,9,13H,1-5,8H2,(H,15,17)(H,18,19). The highest BCUT2D eigenvalue weighted by molar-refractivity contribution is 5.90. The molecule has 0 radical (unpaired) electrons. The van der Waals surface area contributed by atoms with Gasteiger partial charge in [0.15, 0.2) is 0 Å². The molecule has 0 atom stereocenters. The maximum Gasteiger partial charge on any atom is 0.325 e. The molecule has 7 heteroatoms. The molecule has 3 N–H and O–H groups in total. The van der Waals surface area contributed by atoms with Crippen LogP contribution in [0.2, 0.25) is 0 Å². The Morgan fingerprint density at radius 2 is 2.21 bits per heavy atom. The van der Waals surface area contributed by atoms with E-state index in [1.807, 2.05) is 0 Å². The zero-order chi connectivity index (χ0) is 13.7. The van der Waals surface area contributed by atoms with E-state index in [4.69, 9.17) is 5.11 Å². The molecule has 1 amide bonds. The molecule has 0 aromatic carbocycles. The highest BCUT2D eigenvalue weighted by Crippen LogP contribution is 2.17. The maximum atomic E-state index is 11.8. The van der Waals surface area contributed by atoms with Crippen molar-refractivity contribution in [1.29, 1.82) is 0 Å². The summed E-state index contributed by atoms with van der Waals surface area (Å²) in [6.45, 7) is 1.73. The van der Waals surface area contributed by atoms with Crippen LogP contribution in [0.25, 0.3) is 0 Å². The molecule has 0 saturated carbocycles. The van der Waals surface area contributed by atoms with Gasteiger partial charge in [-0.05, 0) is 31.8 Å². The molecule has 104 valence electrons.